The first kappa shape index (κ1) is 14.2. The number of halogens is 2. The van der Waals surface area contributed by atoms with Gasteiger partial charge in [0.15, 0.2) is 0 Å². The van der Waals surface area contributed by atoms with Gasteiger partial charge in [-0.2, -0.15) is 0 Å². The minimum Gasteiger partial charge on any atom is -0.394 e. The van der Waals surface area contributed by atoms with E-state index in [1.165, 1.54) is 23.1 Å². The van der Waals surface area contributed by atoms with Crippen LogP contribution in [0.1, 0.15) is 17.3 Å². The fraction of sp³-hybridized carbons (Fsp3) is 0.462. The summed E-state index contributed by atoms with van der Waals surface area (Å²) in [5.74, 6) is -1.12. The van der Waals surface area contributed by atoms with E-state index in [0.717, 1.165) is 0 Å². The van der Waals surface area contributed by atoms with Crippen molar-refractivity contribution < 1.29 is 19.0 Å². The normalized spacial score (nSPS) is 23.5. The Bertz CT molecular complexity index is 463. The number of hydrogen-bond acceptors (Lipinski definition) is 3. The molecule has 0 spiro atoms. The van der Waals surface area contributed by atoms with E-state index in [4.69, 9.17) is 21.4 Å². The monoisotopic (exact) mass is 287 g/mol. The van der Waals surface area contributed by atoms with Gasteiger partial charge >= 0.3 is 0 Å². The predicted molar refractivity (Wildman–Crippen MR) is 68.7 cm³/mol. The van der Waals surface area contributed by atoms with Crippen molar-refractivity contribution >= 4 is 17.5 Å². The van der Waals surface area contributed by atoms with Crippen molar-refractivity contribution in [1.29, 1.82) is 0 Å². The van der Waals surface area contributed by atoms with Crippen molar-refractivity contribution in [2.75, 3.05) is 19.8 Å². The number of aliphatic hydroxyl groups is 1. The number of aliphatic hydroxyl groups excluding tert-OH is 1. The van der Waals surface area contributed by atoms with Crippen LogP contribution in [0.5, 0.6) is 0 Å². The molecule has 0 bridgehead atoms. The molecule has 0 radical (unpaired) electrons. The van der Waals surface area contributed by atoms with Crippen molar-refractivity contribution in [3.8, 4) is 0 Å². The zero-order valence-electron chi connectivity index (χ0n) is 10.5. The van der Waals surface area contributed by atoms with Crippen LogP contribution in [-0.4, -0.2) is 47.8 Å². The molecule has 6 heteroatoms. The van der Waals surface area contributed by atoms with Gasteiger partial charge in [0, 0.05) is 6.54 Å². The fourth-order valence-electron chi connectivity index (χ4n) is 2.06. The molecule has 1 amide bonds. The molecule has 1 aromatic rings. The number of morpholine rings is 1. The van der Waals surface area contributed by atoms with Crippen LogP contribution in [0, 0.1) is 5.82 Å². The van der Waals surface area contributed by atoms with Crippen LogP contribution >= 0.6 is 11.6 Å². The lowest BCUT2D eigenvalue weighted by molar-refractivity contribution is -0.0668. The number of rotatable bonds is 2. The van der Waals surface area contributed by atoms with Crippen molar-refractivity contribution in [1.82, 2.24) is 4.90 Å². The molecule has 1 aromatic carbocycles. The maximum absolute atomic E-state index is 13.7. The second kappa shape index (κ2) is 5.86. The average Bonchev–Trinajstić information content (AvgIpc) is 2.39. The van der Waals surface area contributed by atoms with Gasteiger partial charge < -0.3 is 14.7 Å². The van der Waals surface area contributed by atoms with Crippen LogP contribution < -0.4 is 0 Å². The van der Waals surface area contributed by atoms with E-state index in [9.17, 15) is 9.18 Å². The highest BCUT2D eigenvalue weighted by molar-refractivity contribution is 6.33. The summed E-state index contributed by atoms with van der Waals surface area (Å²) in [6, 6.07) is 3.94. The Labute approximate surface area is 115 Å². The number of benzene rings is 1. The molecule has 104 valence electrons. The number of nitrogens with zero attached hydrogens (tertiary/aromatic N) is 1. The van der Waals surface area contributed by atoms with Crippen molar-refractivity contribution in [3.05, 3.63) is 34.6 Å². The first-order valence-corrected chi connectivity index (χ1v) is 6.39. The molecule has 1 aliphatic heterocycles. The maximum Gasteiger partial charge on any atom is 0.258 e. The molecule has 1 fully saturated rings. The Kier molecular flexibility index (Phi) is 4.39. The lowest BCUT2D eigenvalue weighted by Gasteiger charge is -2.37. The molecular formula is C13H15ClFNO3. The molecule has 1 N–H and O–H groups in total. The molecule has 2 unspecified atom stereocenters. The number of hydrogen-bond donors (Lipinski definition) is 1. The summed E-state index contributed by atoms with van der Waals surface area (Å²) in [5, 5.41) is 9.18. The summed E-state index contributed by atoms with van der Waals surface area (Å²) < 4.78 is 19.1. The Morgan fingerprint density at radius 2 is 2.37 bits per heavy atom. The molecule has 2 atom stereocenters. The minimum absolute atomic E-state index is 0.0873. The Morgan fingerprint density at radius 3 is 3.00 bits per heavy atom. The van der Waals surface area contributed by atoms with Gasteiger partial charge in [-0.15, -0.1) is 0 Å². The Balaban J connectivity index is 2.27. The SMILES string of the molecule is CC1COC(CO)CN1C(=O)c1c(F)cccc1Cl. The topological polar surface area (TPSA) is 49.8 Å². The third-order valence-corrected chi connectivity index (χ3v) is 3.46. The molecule has 0 saturated carbocycles. The van der Waals surface area contributed by atoms with E-state index < -0.39 is 17.8 Å². The minimum atomic E-state index is -0.642. The zero-order valence-corrected chi connectivity index (χ0v) is 11.2. The van der Waals surface area contributed by atoms with E-state index in [1.54, 1.807) is 6.92 Å². The van der Waals surface area contributed by atoms with Crippen molar-refractivity contribution in [3.63, 3.8) is 0 Å². The third-order valence-electron chi connectivity index (χ3n) is 3.15. The van der Waals surface area contributed by atoms with Gasteiger partial charge in [-0.1, -0.05) is 17.7 Å². The number of carbonyl (C=O) groups is 1. The van der Waals surface area contributed by atoms with Gasteiger partial charge in [0.1, 0.15) is 5.82 Å². The Hall–Kier alpha value is -1.17. The standard InChI is InChI=1S/C13H15ClFNO3/c1-8-7-19-9(6-17)5-16(8)13(18)12-10(14)3-2-4-11(12)15/h2-4,8-9,17H,5-7H2,1H3. The Morgan fingerprint density at radius 1 is 1.63 bits per heavy atom. The molecule has 2 rings (SSSR count). The fourth-order valence-corrected chi connectivity index (χ4v) is 2.30. The van der Waals surface area contributed by atoms with Crippen LogP contribution in [0.3, 0.4) is 0 Å². The lowest BCUT2D eigenvalue weighted by atomic mass is 10.1. The number of ether oxygens (including phenoxy) is 1. The molecule has 0 aliphatic carbocycles. The molecule has 4 nitrogen and oxygen atoms in total. The first-order valence-electron chi connectivity index (χ1n) is 6.02. The quantitative estimate of drug-likeness (QED) is 0.901. The summed E-state index contributed by atoms with van der Waals surface area (Å²) in [7, 11) is 0. The summed E-state index contributed by atoms with van der Waals surface area (Å²) in [6.07, 6.45) is -0.439. The van der Waals surface area contributed by atoms with Gasteiger partial charge in [0.05, 0.1) is 35.9 Å². The van der Waals surface area contributed by atoms with Gasteiger partial charge in [0.25, 0.3) is 5.91 Å². The number of amides is 1. The first-order chi connectivity index (χ1) is 9.04. The molecule has 1 saturated heterocycles. The summed E-state index contributed by atoms with van der Waals surface area (Å²) in [5.41, 5.74) is -0.130. The lowest BCUT2D eigenvalue weighted by Crippen LogP contribution is -2.52. The number of carbonyl (C=O) groups excluding carboxylic acids is 1. The highest BCUT2D eigenvalue weighted by Crippen LogP contribution is 2.23. The van der Waals surface area contributed by atoms with Crippen LogP contribution in [-0.2, 0) is 4.74 Å². The highest BCUT2D eigenvalue weighted by Gasteiger charge is 2.32. The zero-order chi connectivity index (χ0) is 14.0. The summed E-state index contributed by atoms with van der Waals surface area (Å²) in [6.45, 7) is 2.16. The second-order valence-electron chi connectivity index (χ2n) is 4.54. The maximum atomic E-state index is 13.7. The molecule has 1 heterocycles. The van der Waals surface area contributed by atoms with Gasteiger partial charge in [-0.05, 0) is 19.1 Å². The largest absolute Gasteiger partial charge is 0.394 e. The predicted octanol–water partition coefficient (Wildman–Crippen LogP) is 1.70. The van der Waals surface area contributed by atoms with E-state index in [1.807, 2.05) is 0 Å². The molecular weight excluding hydrogens is 273 g/mol. The van der Waals surface area contributed by atoms with Crippen LogP contribution in [0.15, 0.2) is 18.2 Å². The van der Waals surface area contributed by atoms with Crippen molar-refractivity contribution in [2.45, 2.75) is 19.1 Å². The second-order valence-corrected chi connectivity index (χ2v) is 4.95. The van der Waals surface area contributed by atoms with Gasteiger partial charge in [-0.3, -0.25) is 4.79 Å². The van der Waals surface area contributed by atoms with E-state index in [0.29, 0.717) is 6.61 Å². The highest BCUT2D eigenvalue weighted by atomic mass is 35.5. The molecule has 0 aromatic heterocycles. The van der Waals surface area contributed by atoms with E-state index in [-0.39, 0.29) is 29.8 Å². The summed E-state index contributed by atoms with van der Waals surface area (Å²) >= 11 is 5.89. The van der Waals surface area contributed by atoms with E-state index >= 15 is 0 Å². The third kappa shape index (κ3) is 2.88. The van der Waals surface area contributed by atoms with Crippen molar-refractivity contribution in [2.24, 2.45) is 0 Å². The van der Waals surface area contributed by atoms with Crippen LogP contribution in [0.25, 0.3) is 0 Å². The van der Waals surface area contributed by atoms with E-state index in [2.05, 4.69) is 0 Å². The average molecular weight is 288 g/mol. The molecule has 19 heavy (non-hydrogen) atoms. The van der Waals surface area contributed by atoms with Gasteiger partial charge in [0.2, 0.25) is 0 Å². The van der Waals surface area contributed by atoms with Gasteiger partial charge in [-0.25, -0.2) is 4.39 Å². The van der Waals surface area contributed by atoms with Crippen LogP contribution in [0.2, 0.25) is 5.02 Å². The molecule has 1 aliphatic rings. The van der Waals surface area contributed by atoms with Crippen LogP contribution in [0.4, 0.5) is 4.39 Å². The smallest absolute Gasteiger partial charge is 0.258 e. The summed E-state index contributed by atoms with van der Waals surface area (Å²) in [4.78, 5) is 13.9.